The molecule has 336 valence electrons. The van der Waals surface area contributed by atoms with Crippen molar-refractivity contribution in [2.75, 3.05) is 0 Å². The molecule has 0 amide bonds. The minimum absolute atomic E-state index is 0.0301. The molecule has 13 heteroatoms. The molecular weight excluding hydrogens is 773 g/mol. The van der Waals surface area contributed by atoms with Gasteiger partial charge in [-0.2, -0.15) is 0 Å². The van der Waals surface area contributed by atoms with Crippen LogP contribution in [-0.4, -0.2) is 87.6 Å². The normalized spacial score (nSPS) is 26.3. The first kappa shape index (κ1) is 50.3. The molecule has 2 aliphatic heterocycles. The molecule has 60 heavy (non-hydrogen) atoms. The number of rotatable bonds is 17. The number of hydrogen-bond acceptors (Lipinski definition) is 13. The molecule has 0 unspecified atom stereocenters. The van der Waals surface area contributed by atoms with Gasteiger partial charge in [-0.15, -0.1) is 0 Å². The Balaban J connectivity index is 2.26. The van der Waals surface area contributed by atoms with Crippen molar-refractivity contribution in [3.63, 3.8) is 0 Å². The number of esters is 5. The van der Waals surface area contributed by atoms with E-state index in [1.54, 1.807) is 68.4 Å². The van der Waals surface area contributed by atoms with Crippen molar-refractivity contribution in [3.8, 4) is 0 Å². The maximum atomic E-state index is 14.9. The zero-order valence-electron chi connectivity index (χ0n) is 38.2. The average molecular weight is 843 g/mol. The highest BCUT2D eigenvalue weighted by molar-refractivity contribution is 5.95. The maximum Gasteiger partial charge on any atom is 0.344 e. The second-order valence-electron chi connectivity index (χ2n) is 19.5. The van der Waals surface area contributed by atoms with Crippen LogP contribution in [0.1, 0.15) is 128 Å². The first-order chi connectivity index (χ1) is 27.5. The first-order valence-corrected chi connectivity index (χ1v) is 21.1. The average Bonchev–Trinajstić information content (AvgIpc) is 3.29. The smallest absolute Gasteiger partial charge is 0.344 e. The zero-order chi connectivity index (χ0) is 45.6. The molecule has 2 fully saturated rings. The number of aliphatic hydroxyl groups is 1. The lowest BCUT2D eigenvalue weighted by molar-refractivity contribution is -0.346. The van der Waals surface area contributed by atoms with Crippen molar-refractivity contribution >= 4 is 29.8 Å². The molecule has 1 N–H and O–H groups in total. The van der Waals surface area contributed by atoms with Crippen LogP contribution in [-0.2, 0) is 63.6 Å². The number of carbonyl (C=O) groups is 5. The summed E-state index contributed by atoms with van der Waals surface area (Å²) in [6, 6.07) is 9.63. The van der Waals surface area contributed by atoms with E-state index in [-0.39, 0.29) is 24.7 Å². The van der Waals surface area contributed by atoms with E-state index in [2.05, 4.69) is 20.4 Å². The van der Waals surface area contributed by atoms with E-state index in [4.69, 9.17) is 33.2 Å². The van der Waals surface area contributed by atoms with E-state index in [0.29, 0.717) is 17.9 Å². The number of benzene rings is 1. The number of allylic oxidation sites excluding steroid dienone is 1. The molecule has 0 radical (unpaired) electrons. The van der Waals surface area contributed by atoms with Gasteiger partial charge in [0.05, 0.1) is 0 Å². The molecule has 2 heterocycles. The summed E-state index contributed by atoms with van der Waals surface area (Å²) < 4.78 is 42.4. The molecule has 2 aliphatic rings. The number of fused-ring (bicyclic) bond motifs is 2. The van der Waals surface area contributed by atoms with Gasteiger partial charge in [-0.1, -0.05) is 77.1 Å². The molecule has 3 rings (SSSR count). The molecular formula is C47H70O13. The fourth-order valence-corrected chi connectivity index (χ4v) is 7.61. The number of hydrogen-bond donors (Lipinski definition) is 1. The minimum Gasteiger partial charge on any atom is -0.460 e. The third kappa shape index (κ3) is 13.2. The lowest BCUT2D eigenvalue weighted by Crippen LogP contribution is -2.68. The van der Waals surface area contributed by atoms with E-state index < -0.39 is 88.4 Å². The first-order valence-electron chi connectivity index (χ1n) is 21.1. The van der Waals surface area contributed by atoms with Crippen molar-refractivity contribution in [2.45, 2.75) is 182 Å². The molecule has 2 saturated heterocycles. The van der Waals surface area contributed by atoms with Gasteiger partial charge in [0.15, 0.2) is 12.2 Å². The van der Waals surface area contributed by atoms with Crippen molar-refractivity contribution in [1.82, 2.24) is 0 Å². The van der Waals surface area contributed by atoms with Crippen LogP contribution in [0.4, 0.5) is 0 Å². The van der Waals surface area contributed by atoms with E-state index in [1.165, 1.54) is 13.0 Å². The second-order valence-corrected chi connectivity index (χ2v) is 19.5. The SMILES string of the molecule is C=C(CC[C@]12O[C@H](C(=O)OC(C)(C)C)[C@@H](C(=O)OC(C)(C)C)[C@](C(=O)OC(C)(C)C)(O1)[C@H](OC(=O)/C=C/[C@@H](C)C[C@@H](C)CC)[C@H]2O)[C@@H](OC(C)=O)[C@H](C)Cc1ccccc1. The van der Waals surface area contributed by atoms with Crippen LogP contribution in [0, 0.1) is 23.7 Å². The third-order valence-corrected chi connectivity index (χ3v) is 10.3. The minimum atomic E-state index is -2.71. The molecule has 0 aromatic heterocycles. The Morgan fingerprint density at radius 2 is 1.45 bits per heavy atom. The summed E-state index contributed by atoms with van der Waals surface area (Å²) >= 11 is 0. The van der Waals surface area contributed by atoms with Gasteiger partial charge in [0.25, 0.3) is 0 Å². The topological polar surface area (TPSA) is 170 Å². The predicted octanol–water partition coefficient (Wildman–Crippen LogP) is 7.54. The third-order valence-electron chi connectivity index (χ3n) is 10.3. The summed E-state index contributed by atoms with van der Waals surface area (Å²) in [7, 11) is 0. The Morgan fingerprint density at radius 3 is 1.98 bits per heavy atom. The Labute approximate surface area is 356 Å². The van der Waals surface area contributed by atoms with E-state index in [0.717, 1.165) is 18.4 Å². The van der Waals surface area contributed by atoms with Crippen LogP contribution < -0.4 is 0 Å². The van der Waals surface area contributed by atoms with Gasteiger partial charge in [0.1, 0.15) is 34.9 Å². The molecule has 2 bridgehead atoms. The quantitative estimate of drug-likeness (QED) is 0.0707. The second kappa shape index (κ2) is 19.8. The fraction of sp³-hybridized carbons (Fsp3) is 0.681. The van der Waals surface area contributed by atoms with E-state index >= 15 is 0 Å². The maximum absolute atomic E-state index is 14.9. The lowest BCUT2D eigenvalue weighted by Gasteiger charge is -2.47. The summed E-state index contributed by atoms with van der Waals surface area (Å²) in [6.07, 6.45) is -1.98. The van der Waals surface area contributed by atoms with Gasteiger partial charge in [-0.05, 0) is 105 Å². The van der Waals surface area contributed by atoms with Crippen molar-refractivity contribution in [3.05, 3.63) is 60.2 Å². The zero-order valence-corrected chi connectivity index (χ0v) is 38.2. The van der Waals surface area contributed by atoms with Crippen LogP contribution >= 0.6 is 0 Å². The van der Waals surface area contributed by atoms with Crippen LogP contribution in [0.25, 0.3) is 0 Å². The van der Waals surface area contributed by atoms with Crippen molar-refractivity contribution in [1.29, 1.82) is 0 Å². The van der Waals surface area contributed by atoms with Crippen molar-refractivity contribution in [2.24, 2.45) is 23.7 Å². The van der Waals surface area contributed by atoms with Crippen LogP contribution in [0.15, 0.2) is 54.6 Å². The monoisotopic (exact) mass is 842 g/mol. The van der Waals surface area contributed by atoms with E-state index in [1.807, 2.05) is 44.2 Å². The molecule has 0 spiro atoms. The van der Waals surface area contributed by atoms with Gasteiger partial charge in [0, 0.05) is 25.3 Å². The summed E-state index contributed by atoms with van der Waals surface area (Å²) in [6.45, 7) is 28.0. The number of ether oxygens (including phenoxy) is 7. The standard InChI is InChI=1S/C47H70O13/c1-16-28(2)26-29(3)22-23-34(49)55-39-38(50)46(25-24-30(4)36(54-32(6)48)31(5)27-33-20-18-17-19-21-33)56-37(41(52)58-44(10,11)12)35(40(51)57-43(7,8)9)47(39,60-46)42(53)59-45(13,14)15/h17-23,28-29,31,35-39,50H,4,16,24-27H2,1-3,5-15H3/b23-22+/t28-,29+,31+,35-,36+,37-,38+,39+,46-,47-/m0/s1. The fourth-order valence-electron chi connectivity index (χ4n) is 7.61. The highest BCUT2D eigenvalue weighted by Gasteiger charge is 2.80. The molecule has 1 aromatic rings. The molecule has 0 saturated carbocycles. The Kier molecular flexibility index (Phi) is 16.6. The highest BCUT2D eigenvalue weighted by atomic mass is 16.8. The molecule has 13 nitrogen and oxygen atoms in total. The van der Waals surface area contributed by atoms with Gasteiger partial charge in [-0.3, -0.25) is 9.59 Å². The largest absolute Gasteiger partial charge is 0.460 e. The number of aliphatic hydroxyl groups excluding tert-OH is 1. The Bertz CT molecular complexity index is 1710. The van der Waals surface area contributed by atoms with Gasteiger partial charge in [0.2, 0.25) is 11.4 Å². The molecule has 10 atom stereocenters. The molecule has 1 aromatic carbocycles. The Morgan fingerprint density at radius 1 is 0.883 bits per heavy atom. The van der Waals surface area contributed by atoms with Gasteiger partial charge < -0.3 is 38.3 Å². The predicted molar refractivity (Wildman–Crippen MR) is 224 cm³/mol. The number of carbonyl (C=O) groups excluding carboxylic acids is 5. The van der Waals surface area contributed by atoms with Crippen molar-refractivity contribution < 1.29 is 62.2 Å². The summed E-state index contributed by atoms with van der Waals surface area (Å²) in [5.41, 5.74) is -4.77. The van der Waals surface area contributed by atoms with Crippen LogP contribution in [0.2, 0.25) is 0 Å². The lowest BCUT2D eigenvalue weighted by atomic mass is 9.78. The summed E-state index contributed by atoms with van der Waals surface area (Å²) in [5, 5.41) is 12.5. The summed E-state index contributed by atoms with van der Waals surface area (Å²) in [5.74, 6) is -9.13. The Hall–Kier alpha value is -4.07. The van der Waals surface area contributed by atoms with E-state index in [9.17, 15) is 29.1 Å². The van der Waals surface area contributed by atoms with Gasteiger partial charge in [-0.25, -0.2) is 14.4 Å². The summed E-state index contributed by atoms with van der Waals surface area (Å²) in [4.78, 5) is 70.0. The van der Waals surface area contributed by atoms with Gasteiger partial charge >= 0.3 is 29.8 Å². The molecule has 0 aliphatic carbocycles. The van der Waals surface area contributed by atoms with Crippen LogP contribution in [0.3, 0.4) is 0 Å². The van der Waals surface area contributed by atoms with Crippen LogP contribution in [0.5, 0.6) is 0 Å². The highest BCUT2D eigenvalue weighted by Crippen LogP contribution is 2.55.